The van der Waals surface area contributed by atoms with Gasteiger partial charge in [-0.15, -0.1) is 0 Å². The molecule has 1 aromatic carbocycles. The van der Waals surface area contributed by atoms with Crippen LogP contribution >= 0.6 is 15.9 Å². The molecule has 4 nitrogen and oxygen atoms in total. The molecule has 0 unspecified atom stereocenters. The highest BCUT2D eigenvalue weighted by atomic mass is 79.9. The van der Waals surface area contributed by atoms with Crippen molar-refractivity contribution in [1.82, 2.24) is 0 Å². The minimum absolute atomic E-state index is 0.00472. The lowest BCUT2D eigenvalue weighted by molar-refractivity contribution is -0.185. The lowest BCUT2D eigenvalue weighted by Gasteiger charge is -2.50. The SMILES string of the molecule is CC1=C(CS(=O)(=O)c2ccccc2)C(C)(C)[C@]2(CC1)OC(C)(C)O[C@H]2/C=C(/C)CBr. The van der Waals surface area contributed by atoms with Crippen LogP contribution in [0.5, 0.6) is 0 Å². The van der Waals surface area contributed by atoms with Crippen molar-refractivity contribution in [2.24, 2.45) is 5.41 Å². The minimum atomic E-state index is -3.46. The summed E-state index contributed by atoms with van der Waals surface area (Å²) < 4.78 is 39.5. The molecule has 2 aliphatic rings. The molecule has 0 bridgehead atoms. The standard InChI is InChI=1S/C24H33BrO4S/c1-17(15-25)14-21-24(29-23(5,6)28-21)13-12-18(2)20(22(24,3)4)16-30(26,27)19-10-8-7-9-11-19/h7-11,14,21H,12-13,15-16H2,1-6H3/b17-14-/t21-,24+/m0/s1. The summed E-state index contributed by atoms with van der Waals surface area (Å²) >= 11 is 3.53. The Balaban J connectivity index is 2.07. The predicted molar refractivity (Wildman–Crippen MR) is 125 cm³/mol. The zero-order valence-electron chi connectivity index (χ0n) is 18.8. The Hall–Kier alpha value is -0.950. The highest BCUT2D eigenvalue weighted by Crippen LogP contribution is 2.57. The Morgan fingerprint density at radius 3 is 2.43 bits per heavy atom. The maximum absolute atomic E-state index is 13.2. The summed E-state index contributed by atoms with van der Waals surface area (Å²) in [6.07, 6.45) is 3.47. The van der Waals surface area contributed by atoms with Crippen molar-refractivity contribution in [3.8, 4) is 0 Å². The molecule has 0 N–H and O–H groups in total. The normalized spacial score (nSPS) is 28.9. The minimum Gasteiger partial charge on any atom is -0.340 e. The second kappa shape index (κ2) is 8.19. The monoisotopic (exact) mass is 496 g/mol. The zero-order chi connectivity index (χ0) is 22.4. The molecule has 1 aromatic rings. The van der Waals surface area contributed by atoms with Gasteiger partial charge in [0.15, 0.2) is 15.6 Å². The van der Waals surface area contributed by atoms with E-state index in [-0.39, 0.29) is 11.9 Å². The van der Waals surface area contributed by atoms with Gasteiger partial charge in [-0.25, -0.2) is 8.42 Å². The summed E-state index contributed by atoms with van der Waals surface area (Å²) in [6.45, 7) is 12.2. The van der Waals surface area contributed by atoms with Gasteiger partial charge in [-0.05, 0) is 58.2 Å². The first-order valence-corrected chi connectivity index (χ1v) is 13.2. The molecule has 1 aliphatic carbocycles. The van der Waals surface area contributed by atoms with Crippen LogP contribution < -0.4 is 0 Å². The molecule has 0 amide bonds. The molecule has 0 radical (unpaired) electrons. The maximum Gasteiger partial charge on any atom is 0.182 e. The first-order chi connectivity index (χ1) is 13.8. The molecular formula is C24H33BrO4S. The van der Waals surface area contributed by atoms with Crippen LogP contribution in [0, 0.1) is 5.41 Å². The van der Waals surface area contributed by atoms with Gasteiger partial charge in [0.25, 0.3) is 0 Å². The first-order valence-electron chi connectivity index (χ1n) is 10.4. The van der Waals surface area contributed by atoms with Crippen LogP contribution in [0.15, 0.2) is 58.0 Å². The van der Waals surface area contributed by atoms with Crippen molar-refractivity contribution >= 4 is 25.8 Å². The van der Waals surface area contributed by atoms with E-state index >= 15 is 0 Å². The van der Waals surface area contributed by atoms with Gasteiger partial charge in [0.1, 0.15) is 11.7 Å². The maximum atomic E-state index is 13.2. The molecule has 1 heterocycles. The van der Waals surface area contributed by atoms with Crippen molar-refractivity contribution in [3.63, 3.8) is 0 Å². The molecule has 166 valence electrons. The van der Waals surface area contributed by atoms with E-state index in [4.69, 9.17) is 9.47 Å². The summed E-state index contributed by atoms with van der Waals surface area (Å²) in [5.41, 5.74) is 2.10. The van der Waals surface area contributed by atoms with Gasteiger partial charge >= 0.3 is 0 Å². The number of hydrogen-bond donors (Lipinski definition) is 0. The van der Waals surface area contributed by atoms with Gasteiger partial charge in [-0.3, -0.25) is 0 Å². The van der Waals surface area contributed by atoms with E-state index in [1.54, 1.807) is 24.3 Å². The zero-order valence-corrected chi connectivity index (χ0v) is 21.2. The van der Waals surface area contributed by atoms with E-state index in [1.165, 1.54) is 5.57 Å². The topological polar surface area (TPSA) is 52.6 Å². The van der Waals surface area contributed by atoms with E-state index in [1.807, 2.05) is 19.9 Å². The largest absolute Gasteiger partial charge is 0.340 e. The van der Waals surface area contributed by atoms with E-state index in [9.17, 15) is 8.42 Å². The Kier molecular flexibility index (Phi) is 6.47. The number of sulfone groups is 1. The van der Waals surface area contributed by atoms with Crippen LogP contribution in [0.3, 0.4) is 0 Å². The number of halogens is 1. The smallest absolute Gasteiger partial charge is 0.182 e. The third-order valence-electron chi connectivity index (χ3n) is 6.58. The highest BCUT2D eigenvalue weighted by molar-refractivity contribution is 9.09. The van der Waals surface area contributed by atoms with Crippen molar-refractivity contribution in [2.75, 3.05) is 11.1 Å². The highest BCUT2D eigenvalue weighted by Gasteiger charge is 2.62. The Morgan fingerprint density at radius 1 is 1.20 bits per heavy atom. The molecule has 6 heteroatoms. The van der Waals surface area contributed by atoms with Crippen LogP contribution in [-0.4, -0.2) is 37.0 Å². The van der Waals surface area contributed by atoms with Crippen molar-refractivity contribution in [2.45, 2.75) is 76.8 Å². The van der Waals surface area contributed by atoms with Crippen LogP contribution in [0.4, 0.5) is 0 Å². The van der Waals surface area contributed by atoms with Crippen LogP contribution in [-0.2, 0) is 19.3 Å². The van der Waals surface area contributed by atoms with E-state index in [2.05, 4.69) is 49.7 Å². The molecule has 0 saturated carbocycles. The van der Waals surface area contributed by atoms with Crippen molar-refractivity contribution in [1.29, 1.82) is 0 Å². The lowest BCUT2D eigenvalue weighted by Crippen LogP contribution is -2.56. The Bertz CT molecular complexity index is 960. The summed E-state index contributed by atoms with van der Waals surface area (Å²) in [5.74, 6) is -0.741. The van der Waals surface area contributed by atoms with Crippen LogP contribution in [0.1, 0.15) is 54.4 Å². The molecule has 30 heavy (non-hydrogen) atoms. The van der Waals surface area contributed by atoms with Gasteiger partial charge in [0.2, 0.25) is 0 Å². The second-order valence-electron chi connectivity index (χ2n) is 9.53. The second-order valence-corrected chi connectivity index (χ2v) is 12.1. The number of hydrogen-bond acceptors (Lipinski definition) is 4. The fourth-order valence-corrected chi connectivity index (χ4v) is 6.81. The number of rotatable bonds is 5. The van der Waals surface area contributed by atoms with Gasteiger partial charge in [0, 0.05) is 10.7 Å². The molecular weight excluding hydrogens is 464 g/mol. The lowest BCUT2D eigenvalue weighted by atomic mass is 9.60. The van der Waals surface area contributed by atoms with Gasteiger partial charge in [-0.1, -0.05) is 65.2 Å². The molecule has 1 saturated heterocycles. The quantitative estimate of drug-likeness (QED) is 0.380. The average molecular weight is 497 g/mol. The third-order valence-corrected chi connectivity index (χ3v) is 9.12. The third kappa shape index (κ3) is 4.21. The molecule has 1 spiro atoms. The number of ether oxygens (including phenoxy) is 2. The van der Waals surface area contributed by atoms with Crippen LogP contribution in [0.2, 0.25) is 0 Å². The van der Waals surface area contributed by atoms with Crippen LogP contribution in [0.25, 0.3) is 0 Å². The predicted octanol–water partition coefficient (Wildman–Crippen LogP) is 5.83. The summed E-state index contributed by atoms with van der Waals surface area (Å²) in [5, 5.41) is 0.758. The molecule has 1 fully saturated rings. The fraction of sp³-hybridized carbons (Fsp3) is 0.583. The molecule has 2 atom stereocenters. The van der Waals surface area contributed by atoms with Gasteiger partial charge in [-0.2, -0.15) is 0 Å². The molecule has 3 rings (SSSR count). The number of alkyl halides is 1. The summed E-state index contributed by atoms with van der Waals surface area (Å²) in [6, 6.07) is 8.70. The van der Waals surface area contributed by atoms with Crippen molar-refractivity contribution in [3.05, 3.63) is 53.1 Å². The summed E-state index contributed by atoms with van der Waals surface area (Å²) in [4.78, 5) is 0.358. The van der Waals surface area contributed by atoms with Gasteiger partial charge < -0.3 is 9.47 Å². The van der Waals surface area contributed by atoms with E-state index < -0.39 is 26.6 Å². The van der Waals surface area contributed by atoms with E-state index in [0.717, 1.165) is 29.3 Å². The Morgan fingerprint density at radius 2 is 1.83 bits per heavy atom. The number of allylic oxidation sites excluding steroid dienone is 2. The average Bonchev–Trinajstić information content (AvgIpc) is 2.94. The van der Waals surface area contributed by atoms with Gasteiger partial charge in [0.05, 0.1) is 10.6 Å². The van der Waals surface area contributed by atoms with E-state index in [0.29, 0.717) is 4.90 Å². The first kappa shape index (κ1) is 23.7. The van der Waals surface area contributed by atoms with Crippen molar-refractivity contribution < 1.29 is 17.9 Å². The molecule has 0 aromatic heterocycles. The summed E-state index contributed by atoms with van der Waals surface area (Å²) in [7, 11) is -3.46. The molecule has 1 aliphatic heterocycles. The Labute approximate surface area is 189 Å². The fourth-order valence-electron chi connectivity index (χ4n) is 4.90. The number of benzene rings is 1.